The van der Waals surface area contributed by atoms with Gasteiger partial charge in [0.1, 0.15) is 4.21 Å². The number of benzene rings is 1. The van der Waals surface area contributed by atoms with Crippen LogP contribution < -0.4 is 0 Å². The van der Waals surface area contributed by atoms with Crippen LogP contribution in [0.1, 0.15) is 18.4 Å². The van der Waals surface area contributed by atoms with Gasteiger partial charge in [0.05, 0.1) is 3.79 Å². The van der Waals surface area contributed by atoms with Gasteiger partial charge in [-0.25, -0.2) is 8.42 Å². The van der Waals surface area contributed by atoms with E-state index in [9.17, 15) is 8.42 Å². The van der Waals surface area contributed by atoms with Gasteiger partial charge in [-0.2, -0.15) is 4.31 Å². The van der Waals surface area contributed by atoms with Crippen molar-refractivity contribution < 1.29 is 8.42 Å². The molecule has 1 aliphatic rings. The van der Waals surface area contributed by atoms with E-state index >= 15 is 0 Å². The topological polar surface area (TPSA) is 37.4 Å². The maximum Gasteiger partial charge on any atom is 0.253 e. The second kappa shape index (κ2) is 5.60. The van der Waals surface area contributed by atoms with Crippen LogP contribution in [0.2, 0.25) is 0 Å². The lowest BCUT2D eigenvalue weighted by Crippen LogP contribution is -2.32. The first-order chi connectivity index (χ1) is 9.57. The summed E-state index contributed by atoms with van der Waals surface area (Å²) in [6.07, 6.45) is 1.91. The lowest BCUT2D eigenvalue weighted by molar-refractivity contribution is 0.400. The fraction of sp³-hybridized carbons (Fsp3) is 0.286. The standard InChI is InChI=1S/C14H14BrNO2S2/c15-13-8-9-14(19-13)20(17,18)16(12-6-7-12)10-11-4-2-1-3-5-11/h1-5,8-9,12H,6-7,10H2. The van der Waals surface area contributed by atoms with Gasteiger partial charge in [-0.05, 0) is 46.5 Å². The highest BCUT2D eigenvalue weighted by Crippen LogP contribution is 2.36. The lowest BCUT2D eigenvalue weighted by Gasteiger charge is -2.21. The van der Waals surface area contributed by atoms with E-state index in [1.54, 1.807) is 16.4 Å². The van der Waals surface area contributed by atoms with Crippen LogP contribution >= 0.6 is 27.3 Å². The number of rotatable bonds is 5. The van der Waals surface area contributed by atoms with Crippen molar-refractivity contribution in [2.75, 3.05) is 0 Å². The molecule has 0 spiro atoms. The number of nitrogens with zero attached hydrogens (tertiary/aromatic N) is 1. The van der Waals surface area contributed by atoms with Crippen LogP contribution in [0.15, 0.2) is 50.5 Å². The molecule has 0 amide bonds. The third-order valence-corrected chi connectivity index (χ3v) is 7.24. The molecule has 3 rings (SSSR count). The Morgan fingerprint density at radius 3 is 2.40 bits per heavy atom. The average molecular weight is 372 g/mol. The predicted octanol–water partition coefficient (Wildman–Crippen LogP) is 3.86. The Morgan fingerprint density at radius 2 is 1.85 bits per heavy atom. The minimum Gasteiger partial charge on any atom is -0.206 e. The normalized spacial score (nSPS) is 15.7. The van der Waals surface area contributed by atoms with E-state index in [1.165, 1.54) is 11.3 Å². The molecule has 1 aromatic carbocycles. The van der Waals surface area contributed by atoms with E-state index in [4.69, 9.17) is 0 Å². The van der Waals surface area contributed by atoms with Gasteiger partial charge < -0.3 is 0 Å². The second-order valence-electron chi connectivity index (χ2n) is 4.83. The van der Waals surface area contributed by atoms with Crippen molar-refractivity contribution in [3.05, 3.63) is 51.8 Å². The minimum absolute atomic E-state index is 0.154. The van der Waals surface area contributed by atoms with Gasteiger partial charge in [-0.3, -0.25) is 0 Å². The summed E-state index contributed by atoms with van der Waals surface area (Å²) in [5, 5.41) is 0. The van der Waals surface area contributed by atoms with Crippen molar-refractivity contribution in [3.8, 4) is 0 Å². The molecule has 106 valence electrons. The third kappa shape index (κ3) is 2.98. The van der Waals surface area contributed by atoms with Crippen LogP contribution in [0.25, 0.3) is 0 Å². The SMILES string of the molecule is O=S(=O)(c1ccc(Br)s1)N(Cc1ccccc1)C1CC1. The number of thiophene rings is 1. The van der Waals surface area contributed by atoms with Crippen LogP contribution in [-0.4, -0.2) is 18.8 Å². The highest BCUT2D eigenvalue weighted by atomic mass is 79.9. The van der Waals surface area contributed by atoms with Crippen molar-refractivity contribution >= 4 is 37.3 Å². The number of halogens is 1. The molecule has 0 aliphatic heterocycles. The van der Waals surface area contributed by atoms with Crippen LogP contribution in [0, 0.1) is 0 Å². The number of hydrogen-bond donors (Lipinski definition) is 0. The Kier molecular flexibility index (Phi) is 3.99. The Balaban J connectivity index is 1.91. The van der Waals surface area contributed by atoms with Crippen molar-refractivity contribution in [1.82, 2.24) is 4.31 Å². The molecule has 0 N–H and O–H groups in total. The first-order valence-corrected chi connectivity index (χ1v) is 9.43. The van der Waals surface area contributed by atoms with Crippen LogP contribution in [0.3, 0.4) is 0 Å². The Bertz CT molecular complexity index is 693. The molecule has 1 fully saturated rings. The molecule has 0 bridgehead atoms. The summed E-state index contributed by atoms with van der Waals surface area (Å²) in [6.45, 7) is 0.448. The average Bonchev–Trinajstić information content (AvgIpc) is 3.17. The van der Waals surface area contributed by atoms with Gasteiger partial charge in [0, 0.05) is 12.6 Å². The van der Waals surface area contributed by atoms with Crippen LogP contribution in [-0.2, 0) is 16.6 Å². The van der Waals surface area contributed by atoms with Gasteiger partial charge in [-0.15, -0.1) is 11.3 Å². The van der Waals surface area contributed by atoms with Crippen molar-refractivity contribution in [2.24, 2.45) is 0 Å². The first-order valence-electron chi connectivity index (χ1n) is 6.38. The molecule has 0 radical (unpaired) electrons. The van der Waals surface area contributed by atoms with Crippen molar-refractivity contribution in [1.29, 1.82) is 0 Å². The summed E-state index contributed by atoms with van der Waals surface area (Å²) in [5.41, 5.74) is 1.03. The summed E-state index contributed by atoms with van der Waals surface area (Å²) in [5.74, 6) is 0. The highest BCUT2D eigenvalue weighted by molar-refractivity contribution is 9.11. The fourth-order valence-electron chi connectivity index (χ4n) is 2.09. The highest BCUT2D eigenvalue weighted by Gasteiger charge is 2.38. The molecule has 1 aromatic heterocycles. The summed E-state index contributed by atoms with van der Waals surface area (Å²) in [7, 11) is -3.39. The molecule has 0 atom stereocenters. The van der Waals surface area contributed by atoms with Gasteiger partial charge in [0.25, 0.3) is 10.0 Å². The van der Waals surface area contributed by atoms with Gasteiger partial charge in [0.15, 0.2) is 0 Å². The van der Waals surface area contributed by atoms with Gasteiger partial charge in [0.2, 0.25) is 0 Å². The zero-order chi connectivity index (χ0) is 14.2. The zero-order valence-corrected chi connectivity index (χ0v) is 13.9. The molecule has 2 aromatic rings. The van der Waals surface area contributed by atoms with E-state index in [2.05, 4.69) is 15.9 Å². The predicted molar refractivity (Wildman–Crippen MR) is 84.2 cm³/mol. The monoisotopic (exact) mass is 371 g/mol. The molecule has 1 heterocycles. The fourth-order valence-corrected chi connectivity index (χ4v) is 5.90. The van der Waals surface area contributed by atoms with Crippen molar-refractivity contribution in [3.63, 3.8) is 0 Å². The Labute approximate surface area is 131 Å². The summed E-state index contributed by atoms with van der Waals surface area (Å²) < 4.78 is 28.4. The molecular formula is C14H14BrNO2S2. The first kappa shape index (κ1) is 14.3. The van der Waals surface area contributed by atoms with Gasteiger partial charge >= 0.3 is 0 Å². The Hall–Kier alpha value is -0.690. The summed E-state index contributed by atoms with van der Waals surface area (Å²) in [6, 6.07) is 13.4. The van der Waals surface area contributed by atoms with E-state index in [-0.39, 0.29) is 6.04 Å². The lowest BCUT2D eigenvalue weighted by atomic mass is 10.2. The molecule has 6 heteroatoms. The molecular weight excluding hydrogens is 358 g/mol. The van der Waals surface area contributed by atoms with E-state index in [0.717, 1.165) is 22.2 Å². The molecule has 20 heavy (non-hydrogen) atoms. The molecule has 1 aliphatic carbocycles. The second-order valence-corrected chi connectivity index (χ2v) is 9.41. The quantitative estimate of drug-likeness (QED) is 0.799. The van der Waals surface area contributed by atoms with E-state index in [1.807, 2.05) is 30.3 Å². The molecule has 1 saturated carbocycles. The van der Waals surface area contributed by atoms with Crippen LogP contribution in [0.5, 0.6) is 0 Å². The Morgan fingerprint density at radius 1 is 1.15 bits per heavy atom. The summed E-state index contributed by atoms with van der Waals surface area (Å²) in [4.78, 5) is 0. The van der Waals surface area contributed by atoms with Crippen molar-refractivity contribution in [2.45, 2.75) is 29.6 Å². The van der Waals surface area contributed by atoms with Crippen LogP contribution in [0.4, 0.5) is 0 Å². The third-order valence-electron chi connectivity index (χ3n) is 3.25. The maximum absolute atomic E-state index is 12.7. The molecule has 0 saturated heterocycles. The van der Waals surface area contributed by atoms with E-state index < -0.39 is 10.0 Å². The zero-order valence-electron chi connectivity index (χ0n) is 10.7. The number of sulfonamides is 1. The molecule has 0 unspecified atom stereocenters. The minimum atomic E-state index is -3.39. The summed E-state index contributed by atoms with van der Waals surface area (Å²) >= 11 is 4.59. The maximum atomic E-state index is 12.7. The van der Waals surface area contributed by atoms with Gasteiger partial charge in [-0.1, -0.05) is 30.3 Å². The smallest absolute Gasteiger partial charge is 0.206 e. The largest absolute Gasteiger partial charge is 0.253 e. The molecule has 3 nitrogen and oxygen atoms in total. The number of hydrogen-bond acceptors (Lipinski definition) is 3. The van der Waals surface area contributed by atoms with E-state index in [0.29, 0.717) is 10.8 Å².